The largest absolute Gasteiger partial charge is 0.463 e. The third-order valence-corrected chi connectivity index (χ3v) is 9.13. The lowest BCUT2D eigenvalue weighted by Crippen LogP contribution is -2.18. The second-order valence-corrected chi connectivity index (χ2v) is 11.6. The maximum atomic E-state index is 14.8. The van der Waals surface area contributed by atoms with Gasteiger partial charge in [0.1, 0.15) is 16.9 Å². The predicted octanol–water partition coefficient (Wildman–Crippen LogP) is 4.67. The molecule has 190 valence electrons. The van der Waals surface area contributed by atoms with Crippen LogP contribution in [-0.4, -0.2) is 35.7 Å². The summed E-state index contributed by atoms with van der Waals surface area (Å²) >= 11 is 1.06. The van der Waals surface area contributed by atoms with Gasteiger partial charge in [-0.05, 0) is 30.4 Å². The van der Waals surface area contributed by atoms with Gasteiger partial charge in [-0.2, -0.15) is 15.2 Å². The summed E-state index contributed by atoms with van der Waals surface area (Å²) in [5, 5.41) is 12.2. The molecule has 0 bridgehead atoms. The number of rotatable bonds is 6. The molecule has 4 aromatic rings. The van der Waals surface area contributed by atoms with Crippen LogP contribution in [0.3, 0.4) is 0 Å². The predicted molar refractivity (Wildman–Crippen MR) is 147 cm³/mol. The first kappa shape index (κ1) is 24.2. The molecule has 0 radical (unpaired) electrons. The molecular weight excluding hydrogens is 510 g/mol. The van der Waals surface area contributed by atoms with Gasteiger partial charge in [0.25, 0.3) is 0 Å². The lowest BCUT2D eigenvalue weighted by Gasteiger charge is -2.21. The molecule has 37 heavy (non-hydrogen) atoms. The third-order valence-electron chi connectivity index (χ3n) is 7.54. The van der Waals surface area contributed by atoms with E-state index in [-0.39, 0.29) is 16.0 Å². The Morgan fingerprint density at radius 1 is 1.27 bits per heavy atom. The van der Waals surface area contributed by atoms with E-state index in [9.17, 15) is 9.65 Å². The van der Waals surface area contributed by atoms with Crippen LogP contribution in [0.5, 0.6) is 6.01 Å². The molecule has 3 aromatic heterocycles. The molecule has 1 aromatic carbocycles. The van der Waals surface area contributed by atoms with Crippen LogP contribution in [0, 0.1) is 22.6 Å². The molecule has 1 saturated carbocycles. The van der Waals surface area contributed by atoms with Crippen molar-refractivity contribution < 1.29 is 13.9 Å². The highest BCUT2D eigenvalue weighted by Gasteiger charge is 2.42. The molecule has 8 nitrogen and oxygen atoms in total. The first-order valence-electron chi connectivity index (χ1n) is 12.1. The highest BCUT2D eigenvalue weighted by Crippen LogP contribution is 2.49. The van der Waals surface area contributed by atoms with E-state index >= 15 is 0 Å². The zero-order chi connectivity index (χ0) is 26.1. The molecule has 1 aliphatic heterocycles. The quantitative estimate of drug-likeness (QED) is 0.354. The average Bonchev–Trinajstić information content (AvgIpc) is 3.36. The fourth-order valence-corrected chi connectivity index (χ4v) is 6.54. The summed E-state index contributed by atoms with van der Waals surface area (Å²) < 4.78 is 27.1. The number of halogens is 1. The van der Waals surface area contributed by atoms with E-state index in [0.717, 1.165) is 63.8 Å². The molecule has 1 fully saturated rings. The third kappa shape index (κ3) is 3.71. The summed E-state index contributed by atoms with van der Waals surface area (Å²) in [5.41, 5.74) is 10.4. The molecule has 2 aliphatic rings. The summed E-state index contributed by atoms with van der Waals surface area (Å²) in [6.45, 7) is 3.50. The Kier molecular flexibility index (Phi) is 5.72. The van der Waals surface area contributed by atoms with Crippen molar-refractivity contribution in [2.45, 2.75) is 39.4 Å². The van der Waals surface area contributed by atoms with E-state index in [4.69, 9.17) is 25.2 Å². The Morgan fingerprint density at radius 3 is 2.70 bits per heavy atom. The van der Waals surface area contributed by atoms with Crippen molar-refractivity contribution in [1.29, 1.82) is 5.26 Å². The van der Waals surface area contributed by atoms with Gasteiger partial charge in [-0.15, -0.1) is 20.6 Å². The van der Waals surface area contributed by atoms with Crippen LogP contribution in [0.15, 0.2) is 6.20 Å². The highest BCUT2D eigenvalue weighted by atomic mass is 32.1. The standard InChI is InChI=1S/C26H26FN6O2PS/c1-4-26(5-6-26)11-35-25-31-20-18(24(32-25)33(2)3)14-10-34-9-13(14)16(21(20)36)19-17-12(7-28)23(29)37-22(17)15(27)8-30-19/h8H,4-6,9-11,29,36H2,1-3H3. The van der Waals surface area contributed by atoms with Crippen molar-refractivity contribution in [3.63, 3.8) is 0 Å². The topological polar surface area (TPSA) is 110 Å². The summed E-state index contributed by atoms with van der Waals surface area (Å²) in [6, 6.07) is 2.46. The average molecular weight is 537 g/mol. The minimum atomic E-state index is -0.506. The number of anilines is 2. The molecule has 6 rings (SSSR count). The Morgan fingerprint density at radius 2 is 2.03 bits per heavy atom. The second-order valence-electron chi connectivity index (χ2n) is 9.94. The molecule has 1 aliphatic carbocycles. The number of nitrogen functional groups attached to an aromatic ring is 1. The van der Waals surface area contributed by atoms with E-state index < -0.39 is 5.82 Å². The van der Waals surface area contributed by atoms with Crippen molar-refractivity contribution in [1.82, 2.24) is 15.0 Å². The van der Waals surface area contributed by atoms with Crippen LogP contribution in [-0.2, 0) is 18.0 Å². The smallest absolute Gasteiger partial charge is 0.318 e. The van der Waals surface area contributed by atoms with E-state index in [2.05, 4.69) is 27.2 Å². The first-order chi connectivity index (χ1) is 17.8. The summed E-state index contributed by atoms with van der Waals surface area (Å²) in [4.78, 5) is 16.1. The van der Waals surface area contributed by atoms with E-state index in [1.54, 1.807) is 0 Å². The SMILES string of the molecule is CCC1(COc2nc(N(C)C)c3c4c(c(-c5ncc(F)c6sc(N)c(C#N)c56)c(P)c3n2)COC4)CC1. The minimum absolute atomic E-state index is 0.216. The van der Waals surface area contributed by atoms with Crippen LogP contribution >= 0.6 is 20.6 Å². The Balaban J connectivity index is 1.64. The number of hydrogen-bond donors (Lipinski definition) is 1. The molecule has 2 N–H and O–H groups in total. The maximum Gasteiger partial charge on any atom is 0.318 e. The van der Waals surface area contributed by atoms with Gasteiger partial charge in [0.2, 0.25) is 0 Å². The summed E-state index contributed by atoms with van der Waals surface area (Å²) in [5.74, 6) is 0.238. The van der Waals surface area contributed by atoms with Crippen molar-refractivity contribution in [3.8, 4) is 23.3 Å². The van der Waals surface area contributed by atoms with Crippen molar-refractivity contribution in [2.75, 3.05) is 31.3 Å². The summed E-state index contributed by atoms with van der Waals surface area (Å²) in [6.07, 6.45) is 4.55. The molecule has 0 spiro atoms. The molecule has 1 atom stereocenters. The number of hydrogen-bond acceptors (Lipinski definition) is 9. The van der Waals surface area contributed by atoms with Crippen LogP contribution in [0.25, 0.3) is 32.2 Å². The number of benzene rings is 1. The number of aromatic nitrogens is 3. The van der Waals surface area contributed by atoms with E-state index in [0.29, 0.717) is 47.1 Å². The lowest BCUT2D eigenvalue weighted by molar-refractivity contribution is 0.135. The number of nitrogens with zero attached hydrogens (tertiary/aromatic N) is 5. The fraction of sp³-hybridized carbons (Fsp3) is 0.385. The first-order valence-corrected chi connectivity index (χ1v) is 13.5. The van der Waals surface area contributed by atoms with Gasteiger partial charge in [-0.25, -0.2) is 4.39 Å². The summed E-state index contributed by atoms with van der Waals surface area (Å²) in [7, 11) is 6.67. The lowest BCUT2D eigenvalue weighted by atomic mass is 9.94. The molecule has 11 heteroatoms. The number of ether oxygens (including phenoxy) is 2. The monoisotopic (exact) mass is 536 g/mol. The minimum Gasteiger partial charge on any atom is -0.463 e. The molecular formula is C26H26FN6O2PS. The number of nitrogens with two attached hydrogens (primary N) is 1. The van der Waals surface area contributed by atoms with Gasteiger partial charge in [-0.1, -0.05) is 6.92 Å². The van der Waals surface area contributed by atoms with Gasteiger partial charge >= 0.3 is 6.01 Å². The van der Waals surface area contributed by atoms with Crippen LogP contribution in [0.4, 0.5) is 15.2 Å². The molecule has 4 heterocycles. The van der Waals surface area contributed by atoms with Crippen molar-refractivity contribution in [3.05, 3.63) is 28.7 Å². The Bertz CT molecular complexity index is 1640. The molecule has 0 amide bonds. The maximum absolute atomic E-state index is 14.8. The normalized spacial score (nSPS) is 15.7. The van der Waals surface area contributed by atoms with Gasteiger partial charge < -0.3 is 20.1 Å². The van der Waals surface area contributed by atoms with Crippen molar-refractivity contribution >= 4 is 57.7 Å². The zero-order valence-corrected chi connectivity index (χ0v) is 22.8. The van der Waals surface area contributed by atoms with Crippen LogP contribution in [0.2, 0.25) is 0 Å². The van der Waals surface area contributed by atoms with Gasteiger partial charge in [0.05, 0.1) is 47.5 Å². The zero-order valence-electron chi connectivity index (χ0n) is 20.8. The van der Waals surface area contributed by atoms with Gasteiger partial charge in [0, 0.05) is 41.2 Å². The Hall–Kier alpha value is -3.12. The van der Waals surface area contributed by atoms with Gasteiger partial charge in [0.15, 0.2) is 5.82 Å². The number of pyridine rings is 1. The van der Waals surface area contributed by atoms with Gasteiger partial charge in [-0.3, -0.25) is 4.98 Å². The number of thiophene rings is 1. The Labute approximate surface area is 219 Å². The van der Waals surface area contributed by atoms with Crippen LogP contribution in [0.1, 0.15) is 42.9 Å². The van der Waals surface area contributed by atoms with E-state index in [1.807, 2.05) is 19.0 Å². The van der Waals surface area contributed by atoms with Crippen molar-refractivity contribution in [2.24, 2.45) is 5.41 Å². The second kappa shape index (κ2) is 8.73. The number of fused-ring (bicyclic) bond motifs is 4. The van der Waals surface area contributed by atoms with E-state index in [1.165, 1.54) is 6.20 Å². The molecule has 1 unspecified atom stereocenters. The number of nitriles is 1. The fourth-order valence-electron chi connectivity index (χ4n) is 5.10. The van der Waals surface area contributed by atoms with Crippen LogP contribution < -0.4 is 20.7 Å². The highest BCUT2D eigenvalue weighted by molar-refractivity contribution is 7.29. The molecule has 0 saturated heterocycles.